The van der Waals surface area contributed by atoms with Gasteiger partial charge in [0.05, 0.1) is 5.56 Å². The highest BCUT2D eigenvalue weighted by Crippen LogP contribution is 2.35. The third-order valence-corrected chi connectivity index (χ3v) is 2.15. The van der Waals surface area contributed by atoms with E-state index in [4.69, 9.17) is 0 Å². The molecule has 0 heterocycles. The van der Waals surface area contributed by atoms with Crippen LogP contribution < -0.4 is 0 Å². The van der Waals surface area contributed by atoms with Crippen molar-refractivity contribution in [3.8, 4) is 0 Å². The molecule has 0 saturated carbocycles. The van der Waals surface area contributed by atoms with Crippen molar-refractivity contribution in [1.82, 2.24) is 0 Å². The van der Waals surface area contributed by atoms with Crippen LogP contribution in [-0.2, 0) is 6.18 Å². The molecule has 0 unspecified atom stereocenters. The first-order valence-electron chi connectivity index (χ1n) is 2.97. The van der Waals surface area contributed by atoms with Crippen LogP contribution in [-0.4, -0.2) is 0 Å². The van der Waals surface area contributed by atoms with Gasteiger partial charge in [0.25, 0.3) is 0 Å². The minimum Gasteiger partial charge on any atom is -0.166 e. The molecule has 0 N–H and O–H groups in total. The maximum Gasteiger partial charge on any atom is 0.417 e. The zero-order valence-electron chi connectivity index (χ0n) is 5.69. The topological polar surface area (TPSA) is 0 Å². The van der Waals surface area contributed by atoms with Crippen LogP contribution in [0.25, 0.3) is 0 Å². The molecule has 12 heavy (non-hydrogen) atoms. The van der Waals surface area contributed by atoms with E-state index in [9.17, 15) is 13.2 Å². The molecule has 1 aromatic carbocycles. The fraction of sp³-hybridized carbons (Fsp3) is 0.143. The van der Waals surface area contributed by atoms with Crippen molar-refractivity contribution in [3.05, 3.63) is 28.2 Å². The molecule has 0 atom stereocenters. The Kier molecular flexibility index (Phi) is 2.73. The second kappa shape index (κ2) is 3.30. The van der Waals surface area contributed by atoms with Gasteiger partial charge in [0.1, 0.15) is 0 Å². The van der Waals surface area contributed by atoms with E-state index in [-0.39, 0.29) is 4.90 Å². The summed E-state index contributed by atoms with van der Waals surface area (Å²) < 4.78 is 36.9. The summed E-state index contributed by atoms with van der Waals surface area (Å²) in [4.78, 5) is -0.0642. The van der Waals surface area contributed by atoms with Gasteiger partial charge in [-0.05, 0) is 18.2 Å². The number of rotatable bonds is 0. The Morgan fingerprint density at radius 3 is 2.25 bits per heavy atom. The van der Waals surface area contributed by atoms with E-state index in [0.29, 0.717) is 4.47 Å². The summed E-state index contributed by atoms with van der Waals surface area (Å²) in [7, 11) is 0. The van der Waals surface area contributed by atoms with E-state index in [2.05, 4.69) is 28.6 Å². The first-order valence-corrected chi connectivity index (χ1v) is 4.21. The molecule has 0 nitrogen and oxygen atoms in total. The quantitative estimate of drug-likeness (QED) is 0.672. The average Bonchev–Trinajstić information content (AvgIpc) is 1.92. The van der Waals surface area contributed by atoms with E-state index in [1.807, 2.05) is 0 Å². The summed E-state index contributed by atoms with van der Waals surface area (Å²) in [5.74, 6) is 0. The van der Waals surface area contributed by atoms with Crippen LogP contribution in [0.15, 0.2) is 27.6 Å². The van der Waals surface area contributed by atoms with E-state index in [1.54, 1.807) is 0 Å². The molecule has 5 heteroatoms. The number of benzene rings is 1. The molecule has 0 aliphatic rings. The Labute approximate surface area is 81.3 Å². The Morgan fingerprint density at radius 1 is 1.25 bits per heavy atom. The Balaban J connectivity index is 3.23. The van der Waals surface area contributed by atoms with Crippen molar-refractivity contribution >= 4 is 28.6 Å². The largest absolute Gasteiger partial charge is 0.417 e. The lowest BCUT2D eigenvalue weighted by Gasteiger charge is -2.08. The van der Waals surface area contributed by atoms with Crippen LogP contribution in [0.4, 0.5) is 13.2 Å². The zero-order chi connectivity index (χ0) is 9.35. The first-order chi connectivity index (χ1) is 5.41. The standard InChI is InChI=1S/C7H4BrF3S/c8-4-1-2-6(12)5(3-4)7(9,10)11/h1-3,12H. The summed E-state index contributed by atoms with van der Waals surface area (Å²) in [5.41, 5.74) is -0.722. The van der Waals surface area contributed by atoms with Crippen molar-refractivity contribution in [2.24, 2.45) is 0 Å². The highest BCUT2D eigenvalue weighted by Gasteiger charge is 2.32. The lowest BCUT2D eigenvalue weighted by molar-refractivity contribution is -0.139. The highest BCUT2D eigenvalue weighted by atomic mass is 79.9. The summed E-state index contributed by atoms with van der Waals surface area (Å²) in [5, 5.41) is 0. The SMILES string of the molecule is FC(F)(F)c1cc(Br)ccc1S. The van der Waals surface area contributed by atoms with Crippen molar-refractivity contribution < 1.29 is 13.2 Å². The first kappa shape index (κ1) is 9.92. The minimum atomic E-state index is -4.33. The maximum atomic E-state index is 12.2. The predicted molar refractivity (Wildman–Crippen MR) is 46.4 cm³/mol. The molecule has 0 aliphatic carbocycles. The van der Waals surface area contributed by atoms with Crippen LogP contribution >= 0.6 is 28.6 Å². The molecule has 66 valence electrons. The number of hydrogen-bond acceptors (Lipinski definition) is 1. The molecule has 0 aliphatic heterocycles. The predicted octanol–water partition coefficient (Wildman–Crippen LogP) is 3.76. The van der Waals surface area contributed by atoms with Crippen LogP contribution in [0, 0.1) is 0 Å². The van der Waals surface area contributed by atoms with Crippen molar-refractivity contribution in [2.45, 2.75) is 11.1 Å². The summed E-state index contributed by atoms with van der Waals surface area (Å²) in [6.07, 6.45) is -4.33. The van der Waals surface area contributed by atoms with Crippen LogP contribution in [0.3, 0.4) is 0 Å². The molecule has 1 rings (SSSR count). The van der Waals surface area contributed by atoms with Gasteiger partial charge in [-0.25, -0.2) is 0 Å². The third-order valence-electron chi connectivity index (χ3n) is 1.26. The van der Waals surface area contributed by atoms with E-state index >= 15 is 0 Å². The molecule has 0 saturated heterocycles. The molecule has 0 amide bonds. The van der Waals surface area contributed by atoms with Crippen molar-refractivity contribution in [2.75, 3.05) is 0 Å². The van der Waals surface area contributed by atoms with E-state index in [1.165, 1.54) is 12.1 Å². The summed E-state index contributed by atoms with van der Waals surface area (Å²) in [6, 6.07) is 3.82. The Hall–Kier alpha value is -0.160. The van der Waals surface area contributed by atoms with Crippen molar-refractivity contribution in [3.63, 3.8) is 0 Å². The van der Waals surface area contributed by atoms with Crippen LogP contribution in [0.5, 0.6) is 0 Å². The van der Waals surface area contributed by atoms with Gasteiger partial charge in [-0.3, -0.25) is 0 Å². The molecule has 0 bridgehead atoms. The molecule has 0 aromatic heterocycles. The lowest BCUT2D eigenvalue weighted by Crippen LogP contribution is -2.05. The second-order valence-corrected chi connectivity index (χ2v) is 3.56. The molecule has 1 aromatic rings. The van der Waals surface area contributed by atoms with Gasteiger partial charge in [-0.15, -0.1) is 12.6 Å². The Bertz CT molecular complexity index is 295. The molecular weight excluding hydrogens is 253 g/mol. The second-order valence-electron chi connectivity index (χ2n) is 2.16. The van der Waals surface area contributed by atoms with Gasteiger partial charge in [-0.2, -0.15) is 13.2 Å². The van der Waals surface area contributed by atoms with Gasteiger partial charge in [-0.1, -0.05) is 15.9 Å². The number of hydrogen-bond donors (Lipinski definition) is 1. The lowest BCUT2D eigenvalue weighted by atomic mass is 10.2. The summed E-state index contributed by atoms with van der Waals surface area (Å²) >= 11 is 6.65. The Morgan fingerprint density at radius 2 is 1.83 bits per heavy atom. The number of halogens is 4. The highest BCUT2D eigenvalue weighted by molar-refractivity contribution is 9.10. The van der Waals surface area contributed by atoms with Crippen LogP contribution in [0.1, 0.15) is 5.56 Å². The number of thiol groups is 1. The van der Waals surface area contributed by atoms with Crippen molar-refractivity contribution in [1.29, 1.82) is 0 Å². The normalized spacial score (nSPS) is 11.8. The van der Waals surface area contributed by atoms with Crippen LogP contribution in [0.2, 0.25) is 0 Å². The van der Waals surface area contributed by atoms with Gasteiger partial charge in [0, 0.05) is 9.37 Å². The van der Waals surface area contributed by atoms with Gasteiger partial charge in [0.15, 0.2) is 0 Å². The fourth-order valence-corrected chi connectivity index (χ4v) is 1.36. The minimum absolute atomic E-state index is 0.0642. The molecule has 0 radical (unpaired) electrons. The van der Waals surface area contributed by atoms with Gasteiger partial charge in [0.2, 0.25) is 0 Å². The molecule has 0 spiro atoms. The average molecular weight is 257 g/mol. The van der Waals surface area contributed by atoms with Gasteiger partial charge >= 0.3 is 6.18 Å². The zero-order valence-corrected chi connectivity index (χ0v) is 8.17. The molecular formula is C7H4BrF3S. The fourth-order valence-electron chi connectivity index (χ4n) is 0.735. The van der Waals surface area contributed by atoms with Gasteiger partial charge < -0.3 is 0 Å². The van der Waals surface area contributed by atoms with E-state index < -0.39 is 11.7 Å². The monoisotopic (exact) mass is 256 g/mol. The summed E-state index contributed by atoms with van der Waals surface area (Å²) in [6.45, 7) is 0. The molecule has 0 fully saturated rings. The maximum absolute atomic E-state index is 12.2. The third kappa shape index (κ3) is 2.17. The smallest absolute Gasteiger partial charge is 0.166 e. The van der Waals surface area contributed by atoms with E-state index in [0.717, 1.165) is 6.07 Å². The number of alkyl halides is 3.